The molecule has 164 valence electrons. The summed E-state index contributed by atoms with van der Waals surface area (Å²) in [5, 5.41) is 0. The van der Waals surface area contributed by atoms with Crippen molar-refractivity contribution in [3.8, 4) is 23.0 Å². The summed E-state index contributed by atoms with van der Waals surface area (Å²) in [5.41, 5.74) is 5.26. The fraction of sp³-hybridized carbons (Fsp3) is 0.250. The van der Waals surface area contributed by atoms with Crippen molar-refractivity contribution in [3.05, 3.63) is 59.7 Å². The van der Waals surface area contributed by atoms with Gasteiger partial charge < -0.3 is 24.7 Å². The summed E-state index contributed by atoms with van der Waals surface area (Å²) < 4.78 is 21.3. The molecule has 0 saturated carbocycles. The van der Waals surface area contributed by atoms with Crippen LogP contribution in [-0.2, 0) is 9.59 Å². The summed E-state index contributed by atoms with van der Waals surface area (Å²) in [6.07, 6.45) is 5.82. The molecule has 2 rings (SSSR count). The van der Waals surface area contributed by atoms with Gasteiger partial charge in [-0.3, -0.25) is 9.59 Å². The number of ether oxygens (including phenoxy) is 4. The number of carbonyl (C=O) groups is 2. The number of rotatable bonds is 12. The van der Waals surface area contributed by atoms with Gasteiger partial charge in [0, 0.05) is 0 Å². The Morgan fingerprint density at radius 2 is 1.26 bits per heavy atom. The van der Waals surface area contributed by atoms with Crippen molar-refractivity contribution in [2.75, 3.05) is 34.5 Å². The predicted molar refractivity (Wildman–Crippen MR) is 118 cm³/mol. The van der Waals surface area contributed by atoms with Crippen LogP contribution in [0.15, 0.2) is 48.6 Å². The van der Waals surface area contributed by atoms with Crippen LogP contribution in [0.5, 0.6) is 23.0 Å². The minimum absolute atomic E-state index is 0.220. The van der Waals surface area contributed by atoms with E-state index in [-0.39, 0.29) is 18.0 Å². The number of ketones is 2. The first-order valence-corrected chi connectivity index (χ1v) is 9.74. The Labute approximate surface area is 182 Å². The Morgan fingerprint density at radius 1 is 0.774 bits per heavy atom. The number of hydrogen-bond acceptors (Lipinski definition) is 6. The Kier molecular flexibility index (Phi) is 9.32. The molecule has 0 aliphatic heterocycles. The van der Waals surface area contributed by atoms with E-state index in [0.717, 1.165) is 11.1 Å². The highest BCUT2D eigenvalue weighted by atomic mass is 16.5. The summed E-state index contributed by atoms with van der Waals surface area (Å²) in [7, 11) is 4.65. The van der Waals surface area contributed by atoms with Crippen molar-refractivity contribution in [2.45, 2.75) is 6.42 Å². The monoisotopic (exact) mass is 426 g/mol. The third-order valence-corrected chi connectivity index (χ3v) is 4.27. The zero-order valence-electron chi connectivity index (χ0n) is 18.1. The lowest BCUT2D eigenvalue weighted by Crippen LogP contribution is -2.52. The highest BCUT2D eigenvalue weighted by Gasteiger charge is 2.07. The van der Waals surface area contributed by atoms with Crippen molar-refractivity contribution >= 4 is 23.7 Å². The van der Waals surface area contributed by atoms with Gasteiger partial charge in [0.15, 0.2) is 34.6 Å². The molecule has 0 atom stereocenters. The molecule has 0 saturated heterocycles. The van der Waals surface area contributed by atoms with Gasteiger partial charge in [0.05, 0.1) is 27.8 Å². The van der Waals surface area contributed by atoms with Crippen LogP contribution in [0.1, 0.15) is 17.5 Å². The smallest absolute Gasteiger partial charge is 0.163 e. The molecule has 0 unspecified atom stereocenters. The summed E-state index contributed by atoms with van der Waals surface area (Å²) in [5.74, 6) is 1.76. The van der Waals surface area contributed by atoms with E-state index < -0.39 is 0 Å². The third-order valence-electron chi connectivity index (χ3n) is 4.27. The van der Waals surface area contributed by atoms with Gasteiger partial charge in [0.1, 0.15) is 13.2 Å². The van der Waals surface area contributed by atoms with Crippen molar-refractivity contribution in [3.63, 3.8) is 0 Å². The van der Waals surface area contributed by atoms with Gasteiger partial charge in [-0.2, -0.15) is 0 Å². The van der Waals surface area contributed by atoms with Crippen LogP contribution in [0.4, 0.5) is 0 Å². The molecule has 3 N–H and O–H groups in total. The van der Waals surface area contributed by atoms with Gasteiger partial charge in [0.2, 0.25) is 0 Å². The maximum Gasteiger partial charge on any atom is 0.163 e. The van der Waals surface area contributed by atoms with Crippen LogP contribution in [-0.4, -0.2) is 46.0 Å². The third kappa shape index (κ3) is 7.31. The zero-order chi connectivity index (χ0) is 22.6. The predicted octanol–water partition coefficient (Wildman–Crippen LogP) is 2.59. The van der Waals surface area contributed by atoms with E-state index in [2.05, 4.69) is 5.73 Å². The van der Waals surface area contributed by atoms with Gasteiger partial charge >= 0.3 is 0 Å². The fourth-order valence-corrected chi connectivity index (χ4v) is 2.71. The van der Waals surface area contributed by atoms with Crippen molar-refractivity contribution < 1.29 is 34.3 Å². The Morgan fingerprint density at radius 3 is 1.74 bits per heavy atom. The maximum absolute atomic E-state index is 12.1. The molecule has 0 fully saturated rings. The van der Waals surface area contributed by atoms with Crippen LogP contribution in [0.3, 0.4) is 0 Å². The molecule has 7 nitrogen and oxygen atoms in total. The Bertz CT molecular complexity index is 965. The molecular formula is C24H28NO6+. The molecule has 0 bridgehead atoms. The maximum atomic E-state index is 12.1. The number of hydrogen-bond donors (Lipinski definition) is 1. The molecular weight excluding hydrogens is 398 g/mol. The molecule has 0 radical (unpaired) electrons. The fourth-order valence-electron chi connectivity index (χ4n) is 2.71. The average Bonchev–Trinajstić information content (AvgIpc) is 2.79. The molecule has 2 aromatic rings. The molecule has 0 aromatic heterocycles. The molecule has 0 aliphatic rings. The first kappa shape index (κ1) is 23.7. The van der Waals surface area contributed by atoms with Gasteiger partial charge in [-0.15, -0.1) is 0 Å². The summed E-state index contributed by atoms with van der Waals surface area (Å²) in [6.45, 7) is 1.14. The molecule has 0 aliphatic carbocycles. The number of quaternary nitrogens is 1. The second kappa shape index (κ2) is 12.2. The van der Waals surface area contributed by atoms with Gasteiger partial charge in [-0.1, -0.05) is 24.3 Å². The standard InChI is InChI=1S/C24H27NO6/c1-28-21-10-6-17(14-23(21)29-2)4-8-19(26)16-20(27)9-5-18-7-11-22(31-13-12-25)24(15-18)30-3/h4-11,14-15H,12-13,16,25H2,1-3H3/p+1. The summed E-state index contributed by atoms with van der Waals surface area (Å²) in [4.78, 5) is 24.3. The molecule has 7 heteroatoms. The first-order chi connectivity index (χ1) is 15.0. The second-order valence-electron chi connectivity index (χ2n) is 6.50. The number of benzene rings is 2. The molecule has 2 aromatic carbocycles. The highest BCUT2D eigenvalue weighted by molar-refractivity contribution is 6.10. The van der Waals surface area contributed by atoms with Gasteiger partial charge in [-0.05, 0) is 47.5 Å². The second-order valence-corrected chi connectivity index (χ2v) is 6.50. The molecule has 0 heterocycles. The van der Waals surface area contributed by atoms with E-state index in [1.807, 2.05) is 6.07 Å². The van der Waals surface area contributed by atoms with Gasteiger partial charge in [-0.25, -0.2) is 0 Å². The topological polar surface area (TPSA) is 98.7 Å². The lowest BCUT2D eigenvalue weighted by Gasteiger charge is -2.09. The Hall–Kier alpha value is -3.58. The van der Waals surface area contributed by atoms with E-state index in [1.165, 1.54) is 12.2 Å². The Balaban J connectivity index is 1.96. The molecule has 0 amide bonds. The van der Waals surface area contributed by atoms with Crippen LogP contribution < -0.4 is 24.7 Å². The van der Waals surface area contributed by atoms with Crippen molar-refractivity contribution in [2.24, 2.45) is 0 Å². The van der Waals surface area contributed by atoms with Gasteiger partial charge in [0.25, 0.3) is 0 Å². The highest BCUT2D eigenvalue weighted by Crippen LogP contribution is 2.29. The SMILES string of the molecule is COc1ccc(C=CC(=O)CC(=O)C=Cc2ccc(OCC[NH3+])c(OC)c2)cc1OC. The van der Waals surface area contributed by atoms with Crippen LogP contribution in [0, 0.1) is 0 Å². The zero-order valence-corrected chi connectivity index (χ0v) is 18.1. The quantitative estimate of drug-likeness (QED) is 0.414. The number of carbonyl (C=O) groups excluding carboxylic acids is 2. The minimum atomic E-state index is -0.293. The van der Waals surface area contributed by atoms with E-state index in [9.17, 15) is 9.59 Å². The van der Waals surface area contributed by atoms with E-state index in [4.69, 9.17) is 18.9 Å². The van der Waals surface area contributed by atoms with Crippen LogP contribution in [0.25, 0.3) is 12.2 Å². The normalized spacial score (nSPS) is 11.0. The van der Waals surface area contributed by atoms with Crippen molar-refractivity contribution in [1.29, 1.82) is 0 Å². The van der Waals surface area contributed by atoms with E-state index in [0.29, 0.717) is 36.1 Å². The lowest BCUT2D eigenvalue weighted by molar-refractivity contribution is -0.370. The molecule has 0 spiro atoms. The first-order valence-electron chi connectivity index (χ1n) is 9.74. The van der Waals surface area contributed by atoms with Crippen molar-refractivity contribution in [1.82, 2.24) is 0 Å². The van der Waals surface area contributed by atoms with Crippen LogP contribution >= 0.6 is 0 Å². The lowest BCUT2D eigenvalue weighted by atomic mass is 10.1. The minimum Gasteiger partial charge on any atom is -0.493 e. The van der Waals surface area contributed by atoms with E-state index >= 15 is 0 Å². The van der Waals surface area contributed by atoms with Crippen LogP contribution in [0.2, 0.25) is 0 Å². The summed E-state index contributed by atoms with van der Waals surface area (Å²) in [6, 6.07) is 10.6. The molecule has 31 heavy (non-hydrogen) atoms. The average molecular weight is 426 g/mol. The van der Waals surface area contributed by atoms with E-state index in [1.54, 1.807) is 63.8 Å². The number of allylic oxidation sites excluding steroid dienone is 2. The summed E-state index contributed by atoms with van der Waals surface area (Å²) >= 11 is 0. The largest absolute Gasteiger partial charge is 0.493 e. The number of methoxy groups -OCH3 is 3.